The lowest BCUT2D eigenvalue weighted by Gasteiger charge is -2.55. The van der Waals surface area contributed by atoms with Gasteiger partial charge in [-0.15, -0.1) is 0 Å². The van der Waals surface area contributed by atoms with Gasteiger partial charge in [0, 0.05) is 35.2 Å². The van der Waals surface area contributed by atoms with Gasteiger partial charge in [-0.05, 0) is 53.9 Å². The predicted molar refractivity (Wildman–Crippen MR) is 85.1 cm³/mol. The monoisotopic (exact) mass is 282 g/mol. The van der Waals surface area contributed by atoms with Crippen LogP contribution in [0.1, 0.15) is 67.7 Å². The molecule has 1 aliphatic heterocycles. The highest BCUT2D eigenvalue weighted by Gasteiger charge is 2.50. The number of hydrogen-bond acceptors (Lipinski definition) is 3. The Morgan fingerprint density at radius 1 is 1.05 bits per heavy atom. The van der Waals surface area contributed by atoms with E-state index in [9.17, 15) is 0 Å². The van der Waals surface area contributed by atoms with Gasteiger partial charge in [0.05, 0.1) is 6.10 Å². The van der Waals surface area contributed by atoms with E-state index in [0.717, 1.165) is 13.0 Å². The number of nitrogens with one attached hydrogen (secondary N) is 2. The maximum atomic E-state index is 5.84. The summed E-state index contributed by atoms with van der Waals surface area (Å²) in [5, 5.41) is 7.68. The fourth-order valence-corrected chi connectivity index (χ4v) is 4.38. The quantitative estimate of drug-likeness (QED) is 0.831. The summed E-state index contributed by atoms with van der Waals surface area (Å²) < 4.78 is 5.84. The van der Waals surface area contributed by atoms with E-state index in [1.165, 1.54) is 12.8 Å². The number of piperidine rings is 1. The summed E-state index contributed by atoms with van der Waals surface area (Å²) in [6, 6.07) is 1.20. The predicted octanol–water partition coefficient (Wildman–Crippen LogP) is 3.09. The standard InChI is InChI=1S/C17H34N2O/c1-8-20-14-9-13(17(14,6)7)18-12-10-15(2,3)19-16(4,5)11-12/h12-14,18-19H,8-11H2,1-7H3. The molecule has 3 nitrogen and oxygen atoms in total. The summed E-state index contributed by atoms with van der Waals surface area (Å²) in [4.78, 5) is 0. The Kier molecular flexibility index (Phi) is 4.27. The molecule has 2 unspecified atom stereocenters. The molecule has 2 fully saturated rings. The van der Waals surface area contributed by atoms with Crippen molar-refractivity contribution in [2.24, 2.45) is 5.41 Å². The van der Waals surface area contributed by atoms with Gasteiger partial charge in [-0.1, -0.05) is 13.8 Å². The van der Waals surface area contributed by atoms with E-state index < -0.39 is 0 Å². The highest BCUT2D eigenvalue weighted by molar-refractivity contribution is 5.07. The zero-order valence-corrected chi connectivity index (χ0v) is 14.5. The smallest absolute Gasteiger partial charge is 0.0655 e. The van der Waals surface area contributed by atoms with Gasteiger partial charge in [0.1, 0.15) is 0 Å². The van der Waals surface area contributed by atoms with Gasteiger partial charge >= 0.3 is 0 Å². The van der Waals surface area contributed by atoms with Gasteiger partial charge in [0.15, 0.2) is 0 Å². The molecule has 0 aromatic carbocycles. The maximum Gasteiger partial charge on any atom is 0.0655 e. The van der Waals surface area contributed by atoms with E-state index in [1.807, 2.05) is 0 Å². The summed E-state index contributed by atoms with van der Waals surface area (Å²) >= 11 is 0. The van der Waals surface area contributed by atoms with Crippen molar-refractivity contribution >= 4 is 0 Å². The van der Waals surface area contributed by atoms with Crippen LogP contribution in [0.15, 0.2) is 0 Å². The fourth-order valence-electron chi connectivity index (χ4n) is 4.38. The SMILES string of the molecule is CCOC1CC(NC2CC(C)(C)NC(C)(C)C2)C1(C)C. The maximum absolute atomic E-state index is 5.84. The van der Waals surface area contributed by atoms with Crippen molar-refractivity contribution in [3.8, 4) is 0 Å². The molecule has 2 rings (SSSR count). The van der Waals surface area contributed by atoms with Crippen molar-refractivity contribution in [3.05, 3.63) is 0 Å². The average Bonchev–Trinajstić information content (AvgIpc) is 2.23. The van der Waals surface area contributed by atoms with Crippen LogP contribution in [0.4, 0.5) is 0 Å². The molecule has 1 aliphatic carbocycles. The molecule has 2 aliphatic rings. The lowest BCUT2D eigenvalue weighted by Crippen LogP contribution is -2.67. The molecule has 3 heteroatoms. The third kappa shape index (κ3) is 3.37. The Balaban J connectivity index is 1.94. The lowest BCUT2D eigenvalue weighted by atomic mass is 9.63. The highest BCUT2D eigenvalue weighted by Crippen LogP contribution is 2.43. The first-order valence-corrected chi connectivity index (χ1v) is 8.23. The van der Waals surface area contributed by atoms with E-state index >= 15 is 0 Å². The molecule has 20 heavy (non-hydrogen) atoms. The first-order chi connectivity index (χ1) is 9.06. The highest BCUT2D eigenvalue weighted by atomic mass is 16.5. The second-order valence-corrected chi connectivity index (χ2v) is 8.72. The molecule has 1 heterocycles. The van der Waals surface area contributed by atoms with Crippen molar-refractivity contribution in [1.29, 1.82) is 0 Å². The Morgan fingerprint density at radius 3 is 2.05 bits per heavy atom. The molecular formula is C17H34N2O. The molecule has 2 N–H and O–H groups in total. The van der Waals surface area contributed by atoms with Gasteiger partial charge < -0.3 is 15.4 Å². The average molecular weight is 282 g/mol. The van der Waals surface area contributed by atoms with Gasteiger partial charge in [-0.3, -0.25) is 0 Å². The first kappa shape index (κ1) is 16.3. The summed E-state index contributed by atoms with van der Waals surface area (Å²) in [5.74, 6) is 0. The summed E-state index contributed by atoms with van der Waals surface area (Å²) in [6.45, 7) is 16.9. The molecule has 1 saturated heterocycles. The third-order valence-electron chi connectivity index (χ3n) is 5.17. The number of rotatable bonds is 4. The number of ether oxygens (including phenoxy) is 1. The minimum atomic E-state index is 0.215. The van der Waals surface area contributed by atoms with E-state index in [0.29, 0.717) is 18.2 Å². The molecule has 0 spiro atoms. The normalized spacial score (nSPS) is 35.5. The van der Waals surface area contributed by atoms with Crippen LogP contribution >= 0.6 is 0 Å². The third-order valence-corrected chi connectivity index (χ3v) is 5.17. The minimum absolute atomic E-state index is 0.215. The van der Waals surface area contributed by atoms with Crippen LogP contribution in [0.25, 0.3) is 0 Å². The second-order valence-electron chi connectivity index (χ2n) is 8.72. The Morgan fingerprint density at radius 2 is 1.60 bits per heavy atom. The molecule has 118 valence electrons. The zero-order valence-electron chi connectivity index (χ0n) is 14.5. The van der Waals surface area contributed by atoms with Crippen molar-refractivity contribution < 1.29 is 4.74 Å². The molecule has 0 aromatic rings. The van der Waals surface area contributed by atoms with Crippen LogP contribution < -0.4 is 10.6 Å². The molecule has 0 aromatic heterocycles. The minimum Gasteiger partial charge on any atom is -0.378 e. The van der Waals surface area contributed by atoms with Gasteiger partial charge in [0.2, 0.25) is 0 Å². The van der Waals surface area contributed by atoms with Crippen LogP contribution in [-0.2, 0) is 4.74 Å². The van der Waals surface area contributed by atoms with Crippen molar-refractivity contribution in [1.82, 2.24) is 10.6 Å². The second kappa shape index (κ2) is 5.26. The largest absolute Gasteiger partial charge is 0.378 e. The van der Waals surface area contributed by atoms with E-state index in [4.69, 9.17) is 4.74 Å². The van der Waals surface area contributed by atoms with Gasteiger partial charge in [-0.2, -0.15) is 0 Å². The van der Waals surface area contributed by atoms with E-state index in [1.54, 1.807) is 0 Å². The van der Waals surface area contributed by atoms with E-state index in [-0.39, 0.29) is 16.5 Å². The number of hydrogen-bond donors (Lipinski definition) is 2. The molecule has 0 bridgehead atoms. The first-order valence-electron chi connectivity index (χ1n) is 8.23. The Hall–Kier alpha value is -0.120. The van der Waals surface area contributed by atoms with Crippen LogP contribution in [-0.4, -0.2) is 35.9 Å². The molecule has 0 radical (unpaired) electrons. The van der Waals surface area contributed by atoms with Crippen LogP contribution in [0, 0.1) is 5.41 Å². The van der Waals surface area contributed by atoms with Crippen molar-refractivity contribution in [2.45, 2.75) is 97.0 Å². The summed E-state index contributed by atoms with van der Waals surface area (Å²) in [7, 11) is 0. The zero-order chi connectivity index (χ0) is 15.2. The van der Waals surface area contributed by atoms with Crippen LogP contribution in [0.5, 0.6) is 0 Å². The van der Waals surface area contributed by atoms with Crippen molar-refractivity contribution in [2.75, 3.05) is 6.61 Å². The topological polar surface area (TPSA) is 33.3 Å². The van der Waals surface area contributed by atoms with Crippen LogP contribution in [0.3, 0.4) is 0 Å². The Labute approximate surface area is 125 Å². The summed E-state index contributed by atoms with van der Waals surface area (Å²) in [6.07, 6.45) is 3.98. The molecule has 0 amide bonds. The van der Waals surface area contributed by atoms with Gasteiger partial charge in [-0.25, -0.2) is 0 Å². The van der Waals surface area contributed by atoms with E-state index in [2.05, 4.69) is 59.1 Å². The lowest BCUT2D eigenvalue weighted by molar-refractivity contribution is -0.118. The van der Waals surface area contributed by atoms with Crippen molar-refractivity contribution in [3.63, 3.8) is 0 Å². The molecule has 1 saturated carbocycles. The van der Waals surface area contributed by atoms with Crippen LogP contribution in [0.2, 0.25) is 0 Å². The summed E-state index contributed by atoms with van der Waals surface area (Å²) in [5.41, 5.74) is 0.689. The Bertz CT molecular complexity index is 333. The molecular weight excluding hydrogens is 248 g/mol. The van der Waals surface area contributed by atoms with Gasteiger partial charge in [0.25, 0.3) is 0 Å². The fraction of sp³-hybridized carbons (Fsp3) is 1.00. The molecule has 2 atom stereocenters.